The van der Waals surface area contributed by atoms with Crippen LogP contribution in [0.5, 0.6) is 0 Å². The van der Waals surface area contributed by atoms with E-state index in [-0.39, 0.29) is 37.4 Å². The molecule has 3 heterocycles. The Morgan fingerprint density at radius 1 is 1.44 bits per heavy atom. The van der Waals surface area contributed by atoms with Crippen LogP contribution in [0.4, 0.5) is 8.78 Å². The molecular weight excluding hydrogens is 332 g/mol. The number of hydrogen-bond acceptors (Lipinski definition) is 5. The van der Waals surface area contributed by atoms with Crippen LogP contribution >= 0.6 is 0 Å². The average Bonchev–Trinajstić information content (AvgIpc) is 3.10. The highest BCUT2D eigenvalue weighted by Gasteiger charge is 2.47. The van der Waals surface area contributed by atoms with Crippen molar-refractivity contribution in [3.05, 3.63) is 17.5 Å². The number of carbonyl (C=O) groups excluding carboxylic acids is 1. The van der Waals surface area contributed by atoms with Crippen molar-refractivity contribution in [1.29, 1.82) is 0 Å². The zero-order valence-electron chi connectivity index (χ0n) is 14.7. The molecule has 3 rings (SSSR count). The summed E-state index contributed by atoms with van der Waals surface area (Å²) < 4.78 is 37.8. The molecule has 0 bridgehead atoms. The van der Waals surface area contributed by atoms with Crippen LogP contribution in [0.2, 0.25) is 0 Å². The van der Waals surface area contributed by atoms with Crippen LogP contribution in [-0.2, 0) is 16.0 Å². The van der Waals surface area contributed by atoms with E-state index in [1.54, 1.807) is 18.1 Å². The van der Waals surface area contributed by atoms with E-state index in [0.717, 1.165) is 5.69 Å². The number of amides is 1. The van der Waals surface area contributed by atoms with Crippen molar-refractivity contribution in [2.24, 2.45) is 0 Å². The fraction of sp³-hybridized carbons (Fsp3) is 0.765. The van der Waals surface area contributed by atoms with Gasteiger partial charge < -0.3 is 14.2 Å². The molecule has 0 radical (unpaired) electrons. The average molecular weight is 357 g/mol. The van der Waals surface area contributed by atoms with Crippen LogP contribution in [0.3, 0.4) is 0 Å². The number of aryl methyl sites for hydroxylation is 1. The first kappa shape index (κ1) is 18.3. The van der Waals surface area contributed by atoms with Gasteiger partial charge in [-0.15, -0.1) is 0 Å². The molecule has 1 atom stereocenters. The van der Waals surface area contributed by atoms with Crippen LogP contribution in [0.1, 0.15) is 30.7 Å². The quantitative estimate of drug-likeness (QED) is 0.805. The third kappa shape index (κ3) is 4.36. The number of carbonyl (C=O) groups is 1. The Bertz CT molecular complexity index is 600. The second kappa shape index (κ2) is 7.37. The Hall–Kier alpha value is -1.54. The summed E-state index contributed by atoms with van der Waals surface area (Å²) in [4.78, 5) is 16.0. The molecular formula is C17H25F2N3O3. The SMILES string of the molecule is COC[C@@H]1CC(F)(F)CN1C1CCN(C(=O)Cc2cc(C)no2)CC1. The minimum Gasteiger partial charge on any atom is -0.383 e. The summed E-state index contributed by atoms with van der Waals surface area (Å²) in [7, 11) is 1.54. The summed E-state index contributed by atoms with van der Waals surface area (Å²) in [6.07, 6.45) is 1.46. The zero-order valence-corrected chi connectivity index (χ0v) is 14.7. The van der Waals surface area contributed by atoms with Crippen molar-refractivity contribution in [2.75, 3.05) is 33.4 Å². The van der Waals surface area contributed by atoms with Crippen LogP contribution in [-0.4, -0.2) is 72.2 Å². The van der Waals surface area contributed by atoms with Crippen LogP contribution < -0.4 is 0 Å². The number of hydrogen-bond donors (Lipinski definition) is 0. The lowest BCUT2D eigenvalue weighted by Crippen LogP contribution is -2.49. The van der Waals surface area contributed by atoms with Crippen LogP contribution in [0.25, 0.3) is 0 Å². The number of aromatic nitrogens is 1. The van der Waals surface area contributed by atoms with E-state index in [1.807, 2.05) is 11.8 Å². The molecule has 140 valence electrons. The van der Waals surface area contributed by atoms with Gasteiger partial charge in [0.1, 0.15) is 5.76 Å². The molecule has 2 aliphatic heterocycles. The van der Waals surface area contributed by atoms with Gasteiger partial charge in [-0.3, -0.25) is 9.69 Å². The molecule has 0 aromatic carbocycles. The minimum absolute atomic E-state index is 0.00482. The van der Waals surface area contributed by atoms with Gasteiger partial charge in [-0.05, 0) is 19.8 Å². The summed E-state index contributed by atoms with van der Waals surface area (Å²) in [5, 5.41) is 3.78. The van der Waals surface area contributed by atoms with Crippen molar-refractivity contribution < 1.29 is 22.8 Å². The number of alkyl halides is 2. The third-order valence-electron chi connectivity index (χ3n) is 5.06. The number of rotatable bonds is 5. The molecule has 2 fully saturated rings. The highest BCUT2D eigenvalue weighted by molar-refractivity contribution is 5.78. The Labute approximate surface area is 146 Å². The van der Waals surface area contributed by atoms with Gasteiger partial charge in [0.25, 0.3) is 5.92 Å². The molecule has 1 aromatic rings. The molecule has 0 unspecified atom stereocenters. The van der Waals surface area contributed by atoms with Gasteiger partial charge in [-0.1, -0.05) is 5.16 Å². The number of ether oxygens (including phenoxy) is 1. The highest BCUT2D eigenvalue weighted by atomic mass is 19.3. The Kier molecular flexibility index (Phi) is 5.38. The van der Waals surface area contributed by atoms with Gasteiger partial charge in [0.2, 0.25) is 5.91 Å². The molecule has 0 aliphatic carbocycles. The van der Waals surface area contributed by atoms with E-state index < -0.39 is 5.92 Å². The molecule has 25 heavy (non-hydrogen) atoms. The summed E-state index contributed by atoms with van der Waals surface area (Å²) >= 11 is 0. The smallest absolute Gasteiger partial charge is 0.262 e. The van der Waals surface area contributed by atoms with E-state index in [4.69, 9.17) is 9.26 Å². The summed E-state index contributed by atoms with van der Waals surface area (Å²) in [5.74, 6) is -2.10. The molecule has 0 spiro atoms. The second-order valence-electron chi connectivity index (χ2n) is 7.06. The summed E-state index contributed by atoms with van der Waals surface area (Å²) in [6, 6.07) is 1.58. The van der Waals surface area contributed by atoms with Gasteiger partial charge in [-0.25, -0.2) is 8.78 Å². The molecule has 0 saturated carbocycles. The standard InChI is InChI=1S/C17H25F2N3O3/c1-12-7-15(25-20-12)8-16(23)21-5-3-13(4-6-21)22-11-17(18,19)9-14(22)10-24-2/h7,13-14H,3-6,8-11H2,1-2H3/t14-/m0/s1. The summed E-state index contributed by atoms with van der Waals surface area (Å²) in [6.45, 7) is 3.08. The van der Waals surface area contributed by atoms with Gasteiger partial charge in [0.15, 0.2) is 0 Å². The van der Waals surface area contributed by atoms with Gasteiger partial charge >= 0.3 is 0 Å². The van der Waals surface area contributed by atoms with E-state index >= 15 is 0 Å². The van der Waals surface area contributed by atoms with E-state index in [0.29, 0.717) is 38.3 Å². The molecule has 1 aromatic heterocycles. The van der Waals surface area contributed by atoms with E-state index in [1.165, 1.54) is 0 Å². The monoisotopic (exact) mass is 357 g/mol. The molecule has 2 saturated heterocycles. The van der Waals surface area contributed by atoms with Crippen molar-refractivity contribution in [3.63, 3.8) is 0 Å². The highest BCUT2D eigenvalue weighted by Crippen LogP contribution is 2.35. The molecule has 8 heteroatoms. The normalized spacial score (nSPS) is 24.8. The predicted molar refractivity (Wildman–Crippen MR) is 86.5 cm³/mol. The molecule has 1 amide bonds. The van der Waals surface area contributed by atoms with Gasteiger partial charge in [0.05, 0.1) is 25.3 Å². The maximum Gasteiger partial charge on any atom is 0.262 e. The number of halogens is 2. The van der Waals surface area contributed by atoms with E-state index in [9.17, 15) is 13.6 Å². The number of nitrogens with zero attached hydrogens (tertiary/aromatic N) is 3. The van der Waals surface area contributed by atoms with Crippen LogP contribution in [0.15, 0.2) is 10.6 Å². The first-order valence-corrected chi connectivity index (χ1v) is 8.70. The second-order valence-corrected chi connectivity index (χ2v) is 7.06. The largest absolute Gasteiger partial charge is 0.383 e. The first-order chi connectivity index (χ1) is 11.9. The van der Waals surface area contributed by atoms with Gasteiger partial charge in [-0.2, -0.15) is 0 Å². The van der Waals surface area contributed by atoms with Gasteiger partial charge in [0, 0.05) is 44.8 Å². The molecule has 2 aliphatic rings. The lowest BCUT2D eigenvalue weighted by Gasteiger charge is -2.39. The maximum absolute atomic E-state index is 13.8. The lowest BCUT2D eigenvalue weighted by molar-refractivity contribution is -0.132. The zero-order chi connectivity index (χ0) is 18.0. The van der Waals surface area contributed by atoms with Crippen LogP contribution in [0, 0.1) is 6.92 Å². The van der Waals surface area contributed by atoms with Crippen molar-refractivity contribution >= 4 is 5.91 Å². The number of likely N-dealkylation sites (tertiary alicyclic amines) is 2. The van der Waals surface area contributed by atoms with Crippen molar-refractivity contribution in [3.8, 4) is 0 Å². The van der Waals surface area contributed by atoms with E-state index in [2.05, 4.69) is 5.16 Å². The Morgan fingerprint density at radius 2 is 2.16 bits per heavy atom. The fourth-order valence-electron chi connectivity index (χ4n) is 3.90. The minimum atomic E-state index is -2.65. The molecule has 0 N–H and O–H groups in total. The topological polar surface area (TPSA) is 58.8 Å². The van der Waals surface area contributed by atoms with Crippen molar-refractivity contribution in [2.45, 2.75) is 50.6 Å². The first-order valence-electron chi connectivity index (χ1n) is 8.70. The predicted octanol–water partition coefficient (Wildman–Crippen LogP) is 1.87. The summed E-state index contributed by atoms with van der Waals surface area (Å²) in [5.41, 5.74) is 0.751. The lowest BCUT2D eigenvalue weighted by atomic mass is 10.0. The number of piperidine rings is 1. The fourth-order valence-corrected chi connectivity index (χ4v) is 3.90. The Balaban J connectivity index is 1.53. The Morgan fingerprint density at radius 3 is 2.76 bits per heavy atom. The maximum atomic E-state index is 13.8. The third-order valence-corrected chi connectivity index (χ3v) is 5.06. The molecule has 6 nitrogen and oxygen atoms in total. The van der Waals surface area contributed by atoms with Crippen molar-refractivity contribution in [1.82, 2.24) is 15.0 Å². The number of methoxy groups -OCH3 is 1.